The third-order valence-corrected chi connectivity index (χ3v) is 9.33. The number of amides is 2. The Kier molecular flexibility index (Phi) is 9.39. The first-order chi connectivity index (χ1) is 18.7. The Morgan fingerprint density at radius 1 is 1.15 bits per heavy atom. The maximum absolute atomic E-state index is 14.5. The number of fused-ring (bicyclic) bond motifs is 1. The molecule has 4 rings (SSSR count). The van der Waals surface area contributed by atoms with E-state index in [1.54, 1.807) is 15.9 Å². The molecular formula is C29H40BrN3O6. The molecule has 9 nitrogen and oxygen atoms in total. The number of unbranched alkanes of at least 4 members (excludes halogenated alkanes) is 3. The van der Waals surface area contributed by atoms with Crippen LogP contribution in [-0.4, -0.2) is 88.3 Å². The lowest BCUT2D eigenvalue weighted by Gasteiger charge is -2.37. The van der Waals surface area contributed by atoms with Gasteiger partial charge in [0.2, 0.25) is 5.91 Å². The van der Waals surface area contributed by atoms with Gasteiger partial charge in [0.15, 0.2) is 0 Å². The molecule has 2 bridgehead atoms. The van der Waals surface area contributed by atoms with Crippen LogP contribution in [-0.2, 0) is 19.1 Å². The average Bonchev–Trinajstić information content (AvgIpc) is 3.51. The van der Waals surface area contributed by atoms with E-state index in [0.717, 1.165) is 31.6 Å². The molecule has 3 fully saturated rings. The van der Waals surface area contributed by atoms with Crippen molar-refractivity contribution in [3.63, 3.8) is 0 Å². The first-order valence-electron chi connectivity index (χ1n) is 14.0. The molecule has 0 aromatic heterocycles. The average molecular weight is 607 g/mol. The van der Waals surface area contributed by atoms with Gasteiger partial charge in [-0.05, 0) is 57.4 Å². The zero-order valence-electron chi connectivity index (χ0n) is 22.8. The standard InChI is InChI=1S/C29H40BrN3O6/c1-4-15-32(20-13-11-19(12-14-20)31(5-2)6-3)27(36)25-29-18-21(30)24(39-29)22(28(37)38)23(29)26(35)33(25)16-9-7-8-10-17-34/h4,11-14,21-25,34H,1,5-10,15-18H2,2-3H3,(H,37,38)/t21?,22-,23+,24-,25-,29+/m1/s1. The molecule has 39 heavy (non-hydrogen) atoms. The van der Waals surface area contributed by atoms with E-state index in [0.29, 0.717) is 31.5 Å². The molecule has 1 spiro atoms. The van der Waals surface area contributed by atoms with Crippen LogP contribution in [0.5, 0.6) is 0 Å². The van der Waals surface area contributed by atoms with Crippen molar-refractivity contribution in [2.24, 2.45) is 11.8 Å². The van der Waals surface area contributed by atoms with Gasteiger partial charge < -0.3 is 29.6 Å². The number of halogens is 1. The number of nitrogens with zero attached hydrogens (tertiary/aromatic N) is 3. The molecule has 1 aromatic carbocycles. The number of carbonyl (C=O) groups excluding carboxylic acids is 2. The lowest BCUT2D eigenvalue weighted by atomic mass is 9.70. The highest BCUT2D eigenvalue weighted by Gasteiger charge is 2.76. The van der Waals surface area contributed by atoms with Gasteiger partial charge in [-0.2, -0.15) is 0 Å². The van der Waals surface area contributed by atoms with E-state index in [1.165, 1.54) is 0 Å². The number of carboxylic acids is 1. The number of alkyl halides is 1. The predicted octanol–water partition coefficient (Wildman–Crippen LogP) is 3.44. The number of aliphatic hydroxyl groups is 1. The predicted molar refractivity (Wildman–Crippen MR) is 153 cm³/mol. The van der Waals surface area contributed by atoms with Gasteiger partial charge in [-0.15, -0.1) is 6.58 Å². The minimum atomic E-state index is -1.21. The number of likely N-dealkylation sites (tertiary alicyclic amines) is 1. The molecule has 3 heterocycles. The van der Waals surface area contributed by atoms with E-state index in [2.05, 4.69) is 41.3 Å². The second-order valence-electron chi connectivity index (χ2n) is 10.6. The van der Waals surface area contributed by atoms with Crippen molar-refractivity contribution in [1.82, 2.24) is 4.90 Å². The van der Waals surface area contributed by atoms with Crippen molar-refractivity contribution in [1.29, 1.82) is 0 Å². The Morgan fingerprint density at radius 2 is 1.79 bits per heavy atom. The van der Waals surface area contributed by atoms with Crippen molar-refractivity contribution < 1.29 is 29.3 Å². The first kappa shape index (κ1) is 29.6. The lowest BCUT2D eigenvalue weighted by molar-refractivity contribution is -0.149. The maximum Gasteiger partial charge on any atom is 0.310 e. The molecule has 3 saturated heterocycles. The van der Waals surface area contributed by atoms with Crippen LogP contribution in [0.1, 0.15) is 46.0 Å². The topological polar surface area (TPSA) is 111 Å². The highest BCUT2D eigenvalue weighted by molar-refractivity contribution is 9.09. The normalized spacial score (nSPS) is 29.0. The fourth-order valence-corrected chi connectivity index (χ4v) is 7.65. The molecule has 214 valence electrons. The summed E-state index contributed by atoms with van der Waals surface area (Å²) in [6.45, 7) is 10.5. The summed E-state index contributed by atoms with van der Waals surface area (Å²) in [5, 5.41) is 19.2. The number of carbonyl (C=O) groups is 3. The van der Waals surface area contributed by atoms with Crippen LogP contribution in [0, 0.1) is 11.8 Å². The number of carboxylic acid groups (broad SMARTS) is 1. The fraction of sp³-hybridized carbons (Fsp3) is 0.621. The summed E-state index contributed by atoms with van der Waals surface area (Å²) in [4.78, 5) is 45.8. The number of aliphatic hydroxyl groups excluding tert-OH is 1. The number of hydrogen-bond acceptors (Lipinski definition) is 6. The van der Waals surface area contributed by atoms with Crippen molar-refractivity contribution in [3.8, 4) is 0 Å². The van der Waals surface area contributed by atoms with E-state index in [9.17, 15) is 19.5 Å². The molecule has 1 unspecified atom stereocenters. The molecule has 1 aromatic rings. The van der Waals surface area contributed by atoms with E-state index < -0.39 is 35.6 Å². The van der Waals surface area contributed by atoms with Gasteiger partial charge in [0.05, 0.1) is 17.9 Å². The third kappa shape index (κ3) is 5.23. The lowest BCUT2D eigenvalue weighted by Crippen LogP contribution is -2.57. The summed E-state index contributed by atoms with van der Waals surface area (Å²) >= 11 is 3.59. The number of ether oxygens (including phenoxy) is 1. The van der Waals surface area contributed by atoms with E-state index >= 15 is 0 Å². The number of anilines is 2. The summed E-state index contributed by atoms with van der Waals surface area (Å²) in [7, 11) is 0. The molecule has 0 radical (unpaired) electrons. The molecule has 0 saturated carbocycles. The van der Waals surface area contributed by atoms with Gasteiger partial charge >= 0.3 is 5.97 Å². The molecule has 3 aliphatic rings. The van der Waals surface area contributed by atoms with Crippen LogP contribution in [0.2, 0.25) is 0 Å². The molecule has 6 atom stereocenters. The molecule has 2 N–H and O–H groups in total. The van der Waals surface area contributed by atoms with Crippen LogP contribution in [0.4, 0.5) is 11.4 Å². The Hall–Kier alpha value is -2.43. The maximum atomic E-state index is 14.5. The largest absolute Gasteiger partial charge is 0.481 e. The summed E-state index contributed by atoms with van der Waals surface area (Å²) < 4.78 is 6.39. The Bertz CT molecular complexity index is 1060. The number of aliphatic carboxylic acids is 1. The van der Waals surface area contributed by atoms with Gasteiger partial charge in [-0.1, -0.05) is 34.8 Å². The Labute approximate surface area is 238 Å². The van der Waals surface area contributed by atoms with Crippen LogP contribution in [0.15, 0.2) is 36.9 Å². The van der Waals surface area contributed by atoms with E-state index in [4.69, 9.17) is 9.84 Å². The van der Waals surface area contributed by atoms with Gasteiger partial charge in [0.1, 0.15) is 11.6 Å². The third-order valence-electron chi connectivity index (χ3n) is 8.48. The van der Waals surface area contributed by atoms with E-state index in [-0.39, 0.29) is 29.8 Å². The van der Waals surface area contributed by atoms with Crippen LogP contribution < -0.4 is 9.80 Å². The highest BCUT2D eigenvalue weighted by atomic mass is 79.9. The van der Waals surface area contributed by atoms with E-state index in [1.807, 2.05) is 24.3 Å². The Morgan fingerprint density at radius 3 is 2.38 bits per heavy atom. The van der Waals surface area contributed by atoms with Crippen molar-refractivity contribution in [2.75, 3.05) is 42.6 Å². The quantitative estimate of drug-likeness (QED) is 0.190. The van der Waals surface area contributed by atoms with Gasteiger partial charge in [0.25, 0.3) is 5.91 Å². The zero-order valence-corrected chi connectivity index (χ0v) is 24.4. The number of rotatable bonds is 14. The highest BCUT2D eigenvalue weighted by Crippen LogP contribution is 2.60. The first-order valence-corrected chi connectivity index (χ1v) is 14.9. The summed E-state index contributed by atoms with van der Waals surface area (Å²) in [5.41, 5.74) is 0.531. The molecule has 3 aliphatic heterocycles. The minimum Gasteiger partial charge on any atom is -0.481 e. The van der Waals surface area contributed by atoms with Crippen LogP contribution in [0.25, 0.3) is 0 Å². The van der Waals surface area contributed by atoms with Crippen molar-refractivity contribution in [2.45, 2.75) is 68.5 Å². The number of hydrogen-bond donors (Lipinski definition) is 2. The molecule has 0 aliphatic carbocycles. The molecular weight excluding hydrogens is 566 g/mol. The smallest absolute Gasteiger partial charge is 0.310 e. The molecule has 2 amide bonds. The van der Waals surface area contributed by atoms with Gasteiger partial charge in [-0.3, -0.25) is 14.4 Å². The summed E-state index contributed by atoms with van der Waals surface area (Å²) in [5.74, 6) is -3.60. The Balaban J connectivity index is 1.69. The molecule has 10 heteroatoms. The monoisotopic (exact) mass is 605 g/mol. The van der Waals surface area contributed by atoms with Crippen LogP contribution >= 0.6 is 15.9 Å². The second-order valence-corrected chi connectivity index (χ2v) is 11.8. The van der Waals surface area contributed by atoms with Crippen molar-refractivity contribution in [3.05, 3.63) is 36.9 Å². The summed E-state index contributed by atoms with van der Waals surface area (Å²) in [6.07, 6.45) is 4.30. The van der Waals surface area contributed by atoms with Gasteiger partial charge in [0, 0.05) is 49.0 Å². The van der Waals surface area contributed by atoms with Crippen LogP contribution in [0.3, 0.4) is 0 Å². The van der Waals surface area contributed by atoms with Crippen molar-refractivity contribution >= 4 is 45.1 Å². The number of benzene rings is 1. The second kappa shape index (κ2) is 12.4. The minimum absolute atomic E-state index is 0.112. The summed E-state index contributed by atoms with van der Waals surface area (Å²) in [6, 6.07) is 6.84. The SMILES string of the molecule is C=CCN(C(=O)[C@H]1N(CCCCCCO)C(=O)[C@@H]2[C@@H](C(=O)O)[C@@H]3O[C@@]21CC3Br)c1ccc(N(CC)CC)cc1. The fourth-order valence-electron chi connectivity index (χ4n) is 6.71. The van der Waals surface area contributed by atoms with Gasteiger partial charge in [-0.25, -0.2) is 0 Å². The zero-order chi connectivity index (χ0) is 28.3.